The van der Waals surface area contributed by atoms with Crippen molar-refractivity contribution in [3.63, 3.8) is 0 Å². The summed E-state index contributed by atoms with van der Waals surface area (Å²) in [4.78, 5) is 24.9. The fourth-order valence-corrected chi connectivity index (χ4v) is 3.67. The molecule has 1 aliphatic rings. The van der Waals surface area contributed by atoms with E-state index in [2.05, 4.69) is 9.97 Å². The first-order valence-corrected chi connectivity index (χ1v) is 10.0. The van der Waals surface area contributed by atoms with Gasteiger partial charge in [0.05, 0.1) is 0 Å². The average molecular weight is 445 g/mol. The Balaban J connectivity index is 1.45. The summed E-state index contributed by atoms with van der Waals surface area (Å²) in [6.07, 6.45) is 1.32. The molecule has 4 rings (SSSR count). The van der Waals surface area contributed by atoms with Crippen LogP contribution in [0.4, 0.5) is 14.6 Å². The van der Waals surface area contributed by atoms with E-state index in [0.29, 0.717) is 36.0 Å². The van der Waals surface area contributed by atoms with Gasteiger partial charge in [-0.25, -0.2) is 18.7 Å². The van der Waals surface area contributed by atoms with Crippen LogP contribution >= 0.6 is 11.6 Å². The summed E-state index contributed by atoms with van der Waals surface area (Å²) in [5, 5.41) is 0.517. The lowest BCUT2D eigenvalue weighted by atomic mass is 10.1. The predicted molar refractivity (Wildman–Crippen MR) is 113 cm³/mol. The zero-order valence-electron chi connectivity index (χ0n) is 16.6. The molecule has 0 bridgehead atoms. The van der Waals surface area contributed by atoms with Crippen LogP contribution in [0.2, 0.25) is 5.02 Å². The maximum Gasteiger partial charge on any atom is 0.254 e. The highest BCUT2D eigenvalue weighted by atomic mass is 35.5. The molecule has 1 aromatic heterocycles. The monoisotopic (exact) mass is 444 g/mol. The second kappa shape index (κ2) is 8.85. The molecule has 1 saturated heterocycles. The molecule has 1 fully saturated rings. The maximum atomic E-state index is 13.9. The number of ether oxygens (including phenoxy) is 1. The van der Waals surface area contributed by atoms with Crippen LogP contribution in [0.25, 0.3) is 0 Å². The number of rotatable bonds is 4. The van der Waals surface area contributed by atoms with Gasteiger partial charge in [0, 0.05) is 48.4 Å². The zero-order valence-corrected chi connectivity index (χ0v) is 17.4. The van der Waals surface area contributed by atoms with Gasteiger partial charge in [-0.2, -0.15) is 0 Å². The van der Waals surface area contributed by atoms with Crippen LogP contribution in [0.15, 0.2) is 54.9 Å². The van der Waals surface area contributed by atoms with Gasteiger partial charge in [-0.15, -0.1) is 0 Å². The molecule has 1 atom stereocenters. The molecule has 6 nitrogen and oxygen atoms in total. The molecule has 0 radical (unpaired) electrons. The van der Waals surface area contributed by atoms with Crippen molar-refractivity contribution in [3.8, 4) is 11.6 Å². The summed E-state index contributed by atoms with van der Waals surface area (Å²) in [6, 6.07) is 11.5. The maximum absolute atomic E-state index is 13.9. The van der Waals surface area contributed by atoms with Crippen LogP contribution in [0.3, 0.4) is 0 Å². The van der Waals surface area contributed by atoms with Gasteiger partial charge in [0.2, 0.25) is 5.88 Å². The number of benzene rings is 2. The number of carbonyl (C=O) groups excluding carboxylic acids is 1. The lowest BCUT2D eigenvalue weighted by Gasteiger charge is -2.40. The molecule has 2 aromatic carbocycles. The van der Waals surface area contributed by atoms with Gasteiger partial charge in [-0.3, -0.25) is 4.79 Å². The predicted octanol–water partition coefficient (Wildman–Crippen LogP) is 4.55. The number of carbonyl (C=O) groups is 1. The summed E-state index contributed by atoms with van der Waals surface area (Å²) < 4.78 is 32.4. The Morgan fingerprint density at radius 3 is 2.71 bits per heavy atom. The third-order valence-electron chi connectivity index (χ3n) is 5.02. The highest BCUT2D eigenvalue weighted by Gasteiger charge is 2.29. The van der Waals surface area contributed by atoms with Crippen LogP contribution in [0.5, 0.6) is 11.6 Å². The molecule has 0 N–H and O–H groups in total. The van der Waals surface area contributed by atoms with Gasteiger partial charge >= 0.3 is 0 Å². The zero-order chi connectivity index (χ0) is 22.0. The highest BCUT2D eigenvalue weighted by molar-refractivity contribution is 6.30. The lowest BCUT2D eigenvalue weighted by Crippen LogP contribution is -2.54. The van der Waals surface area contributed by atoms with Crippen molar-refractivity contribution in [1.29, 1.82) is 0 Å². The molecule has 0 saturated carbocycles. The standard InChI is InChI=1S/C22H19ClF2N4O2/c1-14-12-28(7-8-29(14)22(30)15-3-2-4-16(23)9-15)20-11-21(27-13-26-20)31-19-6-5-17(24)10-18(19)25/h2-6,9-11,13-14H,7-8,12H2,1H3. The Labute approximate surface area is 183 Å². The second-order valence-corrected chi connectivity index (χ2v) is 7.63. The number of halogens is 3. The van der Waals surface area contributed by atoms with Crippen LogP contribution < -0.4 is 9.64 Å². The van der Waals surface area contributed by atoms with Crippen molar-refractivity contribution < 1.29 is 18.3 Å². The quantitative estimate of drug-likeness (QED) is 0.590. The van der Waals surface area contributed by atoms with E-state index in [1.54, 1.807) is 35.2 Å². The lowest BCUT2D eigenvalue weighted by molar-refractivity contribution is 0.0673. The number of nitrogens with zero attached hydrogens (tertiary/aromatic N) is 4. The third kappa shape index (κ3) is 4.74. The van der Waals surface area contributed by atoms with Gasteiger partial charge < -0.3 is 14.5 Å². The molecule has 0 spiro atoms. The molecule has 160 valence electrons. The van der Waals surface area contributed by atoms with Crippen molar-refractivity contribution in [2.45, 2.75) is 13.0 Å². The van der Waals surface area contributed by atoms with Crippen molar-refractivity contribution in [2.24, 2.45) is 0 Å². The van der Waals surface area contributed by atoms with E-state index < -0.39 is 11.6 Å². The number of amides is 1. The van der Waals surface area contributed by atoms with E-state index in [9.17, 15) is 13.6 Å². The minimum atomic E-state index is -0.818. The molecule has 9 heteroatoms. The Kier molecular flexibility index (Phi) is 5.99. The molecule has 2 heterocycles. The van der Waals surface area contributed by atoms with Gasteiger partial charge in [0.1, 0.15) is 18.0 Å². The summed E-state index contributed by atoms with van der Waals surface area (Å²) >= 11 is 6.01. The average Bonchev–Trinajstić information content (AvgIpc) is 2.75. The smallest absolute Gasteiger partial charge is 0.254 e. The van der Waals surface area contributed by atoms with E-state index in [4.69, 9.17) is 16.3 Å². The van der Waals surface area contributed by atoms with Gasteiger partial charge in [0.15, 0.2) is 11.6 Å². The highest BCUT2D eigenvalue weighted by Crippen LogP contribution is 2.26. The molecule has 0 aliphatic carbocycles. The normalized spacial score (nSPS) is 16.3. The molecule has 3 aromatic rings. The number of hydrogen-bond acceptors (Lipinski definition) is 5. The van der Waals surface area contributed by atoms with Crippen LogP contribution in [0, 0.1) is 11.6 Å². The van der Waals surface area contributed by atoms with Crippen LogP contribution in [-0.4, -0.2) is 46.5 Å². The van der Waals surface area contributed by atoms with E-state index in [1.165, 1.54) is 12.4 Å². The van der Waals surface area contributed by atoms with Gasteiger partial charge in [-0.05, 0) is 37.3 Å². The fourth-order valence-electron chi connectivity index (χ4n) is 3.48. The van der Waals surface area contributed by atoms with E-state index in [0.717, 1.165) is 12.1 Å². The molecular weight excluding hydrogens is 426 g/mol. The summed E-state index contributed by atoms with van der Waals surface area (Å²) in [5.41, 5.74) is 0.548. The fraction of sp³-hybridized carbons (Fsp3) is 0.227. The van der Waals surface area contributed by atoms with Gasteiger partial charge in [0.25, 0.3) is 5.91 Å². The first kappa shape index (κ1) is 21.0. The van der Waals surface area contributed by atoms with Crippen molar-refractivity contribution in [3.05, 3.63) is 77.1 Å². The van der Waals surface area contributed by atoms with Crippen molar-refractivity contribution in [1.82, 2.24) is 14.9 Å². The number of hydrogen-bond donors (Lipinski definition) is 0. The van der Waals surface area contributed by atoms with Gasteiger partial charge in [-0.1, -0.05) is 17.7 Å². The van der Waals surface area contributed by atoms with Crippen LogP contribution in [-0.2, 0) is 0 Å². The molecule has 1 amide bonds. The second-order valence-electron chi connectivity index (χ2n) is 7.20. The Morgan fingerprint density at radius 1 is 1.13 bits per heavy atom. The van der Waals surface area contributed by atoms with Crippen molar-refractivity contribution >= 4 is 23.3 Å². The minimum Gasteiger partial charge on any atom is -0.436 e. The number of anilines is 1. The first-order valence-electron chi connectivity index (χ1n) is 9.67. The van der Waals surface area contributed by atoms with Crippen molar-refractivity contribution in [2.75, 3.05) is 24.5 Å². The topological polar surface area (TPSA) is 58.6 Å². The molecule has 31 heavy (non-hydrogen) atoms. The third-order valence-corrected chi connectivity index (χ3v) is 5.26. The summed E-state index contributed by atoms with van der Waals surface area (Å²) in [7, 11) is 0. The van der Waals surface area contributed by atoms with E-state index >= 15 is 0 Å². The van der Waals surface area contributed by atoms with E-state index in [-0.39, 0.29) is 23.6 Å². The first-order chi connectivity index (χ1) is 14.9. The number of aromatic nitrogens is 2. The molecule has 1 unspecified atom stereocenters. The SMILES string of the molecule is CC1CN(c2cc(Oc3ccc(F)cc3F)ncn2)CCN1C(=O)c1cccc(Cl)c1. The Hall–Kier alpha value is -3.26. The summed E-state index contributed by atoms with van der Waals surface area (Å²) in [6.45, 7) is 3.56. The minimum absolute atomic E-state index is 0.0749. The summed E-state index contributed by atoms with van der Waals surface area (Å²) in [5.74, 6) is -0.978. The Bertz CT molecular complexity index is 1110. The molecule has 1 aliphatic heterocycles. The Morgan fingerprint density at radius 2 is 1.97 bits per heavy atom. The van der Waals surface area contributed by atoms with Crippen LogP contribution in [0.1, 0.15) is 17.3 Å². The largest absolute Gasteiger partial charge is 0.436 e. The molecular formula is C22H19ClF2N4O2. The number of piperazine rings is 1. The van der Waals surface area contributed by atoms with E-state index in [1.807, 2.05) is 11.8 Å².